The third-order valence-electron chi connectivity index (χ3n) is 4.69. The van der Waals surface area contributed by atoms with Gasteiger partial charge in [-0.25, -0.2) is 12.7 Å². The Morgan fingerprint density at radius 1 is 1.04 bits per heavy atom. The number of rotatable bonds is 6. The van der Waals surface area contributed by atoms with Crippen LogP contribution in [0.3, 0.4) is 0 Å². The number of nitrogens with one attached hydrogen (secondary N) is 1. The molecule has 3 rings (SSSR count). The number of sulfonamides is 1. The minimum Gasteiger partial charge on any atom is -0.457 e. The van der Waals surface area contributed by atoms with Crippen LogP contribution in [-0.2, 0) is 10.0 Å². The molecule has 2 aromatic carbocycles. The molecular formula is C20H24N2O4S. The van der Waals surface area contributed by atoms with Crippen LogP contribution in [0.15, 0.2) is 54.6 Å². The maximum absolute atomic E-state index is 12.3. The summed E-state index contributed by atoms with van der Waals surface area (Å²) in [5.41, 5.74) is 0.573. The molecule has 2 aromatic rings. The first-order valence-electron chi connectivity index (χ1n) is 8.98. The van der Waals surface area contributed by atoms with Gasteiger partial charge < -0.3 is 10.1 Å². The third kappa shape index (κ3) is 5.55. The zero-order chi connectivity index (χ0) is 19.3. The normalized spacial score (nSPS) is 16.0. The minimum absolute atomic E-state index is 0.133. The number of carbonyl (C=O) groups excluding carboxylic acids is 1. The van der Waals surface area contributed by atoms with Gasteiger partial charge in [0.05, 0.1) is 6.26 Å². The number of nitrogens with zero attached hydrogens (tertiary/aromatic N) is 1. The first kappa shape index (κ1) is 19.4. The molecular weight excluding hydrogens is 364 g/mol. The van der Waals surface area contributed by atoms with E-state index in [0.29, 0.717) is 36.9 Å². The van der Waals surface area contributed by atoms with Gasteiger partial charge in [-0.15, -0.1) is 0 Å². The van der Waals surface area contributed by atoms with Crippen LogP contribution in [0, 0.1) is 5.92 Å². The van der Waals surface area contributed by atoms with Crippen molar-refractivity contribution < 1.29 is 17.9 Å². The molecule has 0 saturated carbocycles. The Kier molecular flexibility index (Phi) is 6.13. The molecule has 0 aliphatic carbocycles. The second kappa shape index (κ2) is 8.54. The molecule has 1 N–H and O–H groups in total. The van der Waals surface area contributed by atoms with E-state index in [9.17, 15) is 13.2 Å². The second-order valence-electron chi connectivity index (χ2n) is 6.75. The van der Waals surface area contributed by atoms with Gasteiger partial charge in [0.15, 0.2) is 0 Å². The van der Waals surface area contributed by atoms with E-state index in [4.69, 9.17) is 4.74 Å². The molecule has 0 spiro atoms. The van der Waals surface area contributed by atoms with Crippen LogP contribution in [0.5, 0.6) is 11.5 Å². The smallest absolute Gasteiger partial charge is 0.251 e. The van der Waals surface area contributed by atoms with Crippen molar-refractivity contribution in [1.29, 1.82) is 0 Å². The predicted molar refractivity (Wildman–Crippen MR) is 104 cm³/mol. The van der Waals surface area contributed by atoms with Gasteiger partial charge in [-0.2, -0.15) is 0 Å². The summed E-state index contributed by atoms with van der Waals surface area (Å²) in [4.78, 5) is 12.3. The fraction of sp³-hybridized carbons (Fsp3) is 0.350. The standard InChI is InChI=1S/C20H24N2O4S/c1-27(24,25)22-13-11-16(12-14-22)15-21-20(23)17-7-9-19(10-8-17)26-18-5-3-2-4-6-18/h2-10,16H,11-15H2,1H3,(H,21,23). The van der Waals surface area contributed by atoms with Crippen LogP contribution in [0.25, 0.3) is 0 Å². The van der Waals surface area contributed by atoms with E-state index in [1.54, 1.807) is 24.3 Å². The molecule has 1 aliphatic rings. The van der Waals surface area contributed by atoms with E-state index in [1.165, 1.54) is 10.6 Å². The van der Waals surface area contributed by atoms with Gasteiger partial charge in [0.25, 0.3) is 5.91 Å². The number of para-hydroxylation sites is 1. The highest BCUT2D eigenvalue weighted by Crippen LogP contribution is 2.21. The summed E-state index contributed by atoms with van der Waals surface area (Å²) in [5, 5.41) is 2.94. The average Bonchev–Trinajstić information content (AvgIpc) is 2.67. The molecule has 0 unspecified atom stereocenters. The predicted octanol–water partition coefficient (Wildman–Crippen LogP) is 2.88. The van der Waals surface area contributed by atoms with Gasteiger partial charge in [-0.3, -0.25) is 4.79 Å². The van der Waals surface area contributed by atoms with E-state index in [1.807, 2.05) is 30.3 Å². The molecule has 0 aromatic heterocycles. The number of benzene rings is 2. The summed E-state index contributed by atoms with van der Waals surface area (Å²) >= 11 is 0. The topological polar surface area (TPSA) is 75.7 Å². The van der Waals surface area contributed by atoms with Crippen molar-refractivity contribution in [1.82, 2.24) is 9.62 Å². The average molecular weight is 388 g/mol. The van der Waals surface area contributed by atoms with E-state index in [-0.39, 0.29) is 5.91 Å². The molecule has 0 radical (unpaired) electrons. The van der Waals surface area contributed by atoms with Crippen LogP contribution in [-0.4, -0.2) is 44.5 Å². The highest BCUT2D eigenvalue weighted by atomic mass is 32.2. The molecule has 144 valence electrons. The first-order chi connectivity index (χ1) is 12.9. The summed E-state index contributed by atoms with van der Waals surface area (Å²) in [6.45, 7) is 1.59. The lowest BCUT2D eigenvalue weighted by atomic mass is 9.98. The van der Waals surface area contributed by atoms with E-state index < -0.39 is 10.0 Å². The Balaban J connectivity index is 1.47. The van der Waals surface area contributed by atoms with Gasteiger partial charge in [-0.05, 0) is 55.2 Å². The molecule has 0 atom stereocenters. The lowest BCUT2D eigenvalue weighted by molar-refractivity contribution is 0.0941. The second-order valence-corrected chi connectivity index (χ2v) is 8.74. The van der Waals surface area contributed by atoms with Crippen molar-refractivity contribution in [3.63, 3.8) is 0 Å². The molecule has 0 bridgehead atoms. The zero-order valence-corrected chi connectivity index (χ0v) is 16.1. The molecule has 1 amide bonds. The molecule has 1 saturated heterocycles. The van der Waals surface area contributed by atoms with Crippen LogP contribution in [0.1, 0.15) is 23.2 Å². The third-order valence-corrected chi connectivity index (χ3v) is 5.99. The molecule has 1 fully saturated rings. The van der Waals surface area contributed by atoms with Gasteiger partial charge in [0, 0.05) is 25.2 Å². The van der Waals surface area contributed by atoms with E-state index >= 15 is 0 Å². The van der Waals surface area contributed by atoms with Crippen LogP contribution in [0.4, 0.5) is 0 Å². The molecule has 1 aliphatic heterocycles. The number of hydrogen-bond acceptors (Lipinski definition) is 4. The first-order valence-corrected chi connectivity index (χ1v) is 10.8. The minimum atomic E-state index is -3.12. The Bertz CT molecular complexity index is 859. The number of ether oxygens (including phenoxy) is 1. The van der Waals surface area contributed by atoms with Crippen molar-refractivity contribution in [2.45, 2.75) is 12.8 Å². The van der Waals surface area contributed by atoms with Crippen molar-refractivity contribution in [3.05, 3.63) is 60.2 Å². The Hall–Kier alpha value is -2.38. The monoisotopic (exact) mass is 388 g/mol. The Labute approximate surface area is 160 Å². The van der Waals surface area contributed by atoms with Crippen molar-refractivity contribution in [2.24, 2.45) is 5.92 Å². The van der Waals surface area contributed by atoms with Gasteiger partial charge >= 0.3 is 0 Å². The summed E-state index contributed by atoms with van der Waals surface area (Å²) in [6.07, 6.45) is 2.76. The summed E-state index contributed by atoms with van der Waals surface area (Å²) in [7, 11) is -3.12. The molecule has 1 heterocycles. The molecule has 6 nitrogen and oxygen atoms in total. The number of amides is 1. The number of hydrogen-bond donors (Lipinski definition) is 1. The number of carbonyl (C=O) groups is 1. The van der Waals surface area contributed by atoms with Crippen molar-refractivity contribution >= 4 is 15.9 Å². The van der Waals surface area contributed by atoms with E-state index in [2.05, 4.69) is 5.32 Å². The van der Waals surface area contributed by atoms with Gasteiger partial charge in [0.2, 0.25) is 10.0 Å². The zero-order valence-electron chi connectivity index (χ0n) is 15.3. The fourth-order valence-corrected chi connectivity index (χ4v) is 3.96. The lowest BCUT2D eigenvalue weighted by Gasteiger charge is -2.30. The number of piperidine rings is 1. The highest BCUT2D eigenvalue weighted by Gasteiger charge is 2.25. The van der Waals surface area contributed by atoms with Gasteiger partial charge in [-0.1, -0.05) is 18.2 Å². The molecule has 7 heteroatoms. The maximum Gasteiger partial charge on any atom is 0.251 e. The quantitative estimate of drug-likeness (QED) is 0.826. The molecule has 27 heavy (non-hydrogen) atoms. The maximum atomic E-state index is 12.3. The SMILES string of the molecule is CS(=O)(=O)N1CCC(CNC(=O)c2ccc(Oc3ccccc3)cc2)CC1. The Morgan fingerprint density at radius 3 is 2.22 bits per heavy atom. The highest BCUT2D eigenvalue weighted by molar-refractivity contribution is 7.88. The van der Waals surface area contributed by atoms with Crippen LogP contribution >= 0.6 is 0 Å². The fourth-order valence-electron chi connectivity index (χ4n) is 3.08. The Morgan fingerprint density at radius 2 is 1.63 bits per heavy atom. The largest absolute Gasteiger partial charge is 0.457 e. The summed E-state index contributed by atoms with van der Waals surface area (Å²) in [6, 6.07) is 16.5. The van der Waals surface area contributed by atoms with Crippen molar-refractivity contribution in [2.75, 3.05) is 25.9 Å². The lowest BCUT2D eigenvalue weighted by Crippen LogP contribution is -2.41. The summed E-state index contributed by atoms with van der Waals surface area (Å²) < 4.78 is 30.3. The van der Waals surface area contributed by atoms with Gasteiger partial charge in [0.1, 0.15) is 11.5 Å². The van der Waals surface area contributed by atoms with E-state index in [0.717, 1.165) is 18.6 Å². The van der Waals surface area contributed by atoms with Crippen molar-refractivity contribution in [3.8, 4) is 11.5 Å². The van der Waals surface area contributed by atoms with Crippen LogP contribution in [0.2, 0.25) is 0 Å². The summed E-state index contributed by atoms with van der Waals surface area (Å²) in [5.74, 6) is 1.58. The van der Waals surface area contributed by atoms with Crippen LogP contribution < -0.4 is 10.1 Å².